The number of carbonyl (C=O) groups is 2. The minimum Gasteiger partial charge on any atom is -0.309 e. The standard InChI is InChI=1S/C20H18N10O2.4C2H6OS/c1-11-19(31)25-17-7-4-6-14(24-17)16-10-22-28-30(16)12(2)20(32)26-18-8-3-5-13(23-18)15-9-21-27-29(11)15;4*1-4(2)3/h3-12H,1-2H3,(H,24,25,31)(H,23,26,32);4*1-2H3/t11-,12-;;;;/m1..../s1. The highest BCUT2D eigenvalue weighted by molar-refractivity contribution is 7.84. The van der Waals surface area contributed by atoms with Crippen LogP contribution in [-0.2, 0) is 52.8 Å². The van der Waals surface area contributed by atoms with Crippen molar-refractivity contribution < 1.29 is 26.4 Å². The van der Waals surface area contributed by atoms with E-state index < -0.39 is 55.3 Å². The number of carbonyl (C=O) groups excluding carboxylic acids is 2. The van der Waals surface area contributed by atoms with Gasteiger partial charge in [-0.1, -0.05) is 22.6 Å². The van der Waals surface area contributed by atoms with E-state index in [-0.39, 0.29) is 11.8 Å². The third kappa shape index (κ3) is 15.3. The number of fused-ring (bicyclic) bond motifs is 8. The third-order valence-corrected chi connectivity index (χ3v) is 5.17. The van der Waals surface area contributed by atoms with E-state index in [0.29, 0.717) is 34.4 Å². The van der Waals surface area contributed by atoms with Crippen molar-refractivity contribution in [3.8, 4) is 22.8 Å². The summed E-state index contributed by atoms with van der Waals surface area (Å²) in [6.45, 7) is 3.40. The topological polar surface area (TPSA) is 214 Å². The molecule has 0 unspecified atom stereocenters. The number of nitrogens with zero attached hydrogens (tertiary/aromatic N) is 8. The van der Waals surface area contributed by atoms with Gasteiger partial charge in [-0.3, -0.25) is 26.4 Å². The molecule has 0 saturated heterocycles. The summed E-state index contributed by atoms with van der Waals surface area (Å²) >= 11 is 0. The van der Waals surface area contributed by atoms with Gasteiger partial charge in [0.15, 0.2) is 0 Å². The fourth-order valence-electron chi connectivity index (χ4n) is 3.40. The van der Waals surface area contributed by atoms with Crippen LogP contribution < -0.4 is 10.6 Å². The molecule has 20 heteroatoms. The first-order chi connectivity index (χ1) is 22.4. The fourth-order valence-corrected chi connectivity index (χ4v) is 3.40. The van der Waals surface area contributed by atoms with Gasteiger partial charge in [0.05, 0.1) is 23.8 Å². The number of hydrogen-bond acceptors (Lipinski definition) is 12. The first kappa shape index (κ1) is 42.1. The maximum absolute atomic E-state index is 12.9. The van der Waals surface area contributed by atoms with Gasteiger partial charge in [-0.25, -0.2) is 19.3 Å². The van der Waals surface area contributed by atoms with Crippen LogP contribution in [0.5, 0.6) is 0 Å². The van der Waals surface area contributed by atoms with Crippen molar-refractivity contribution in [1.82, 2.24) is 40.0 Å². The van der Waals surface area contributed by atoms with E-state index in [1.165, 1.54) is 21.8 Å². The zero-order valence-corrected chi connectivity index (χ0v) is 31.7. The van der Waals surface area contributed by atoms with Crippen LogP contribution in [-0.4, -0.2) is 119 Å². The average molecular weight is 743 g/mol. The first-order valence-electron chi connectivity index (χ1n) is 13.8. The van der Waals surface area contributed by atoms with Gasteiger partial charge >= 0.3 is 0 Å². The van der Waals surface area contributed by atoms with Crippen LogP contribution in [0.3, 0.4) is 0 Å². The molecule has 2 atom stereocenters. The van der Waals surface area contributed by atoms with Crippen LogP contribution in [0.25, 0.3) is 22.8 Å². The molecule has 4 aromatic rings. The number of rotatable bonds is 0. The quantitative estimate of drug-likeness (QED) is 0.263. The Balaban J connectivity index is 0.000000605. The molecular weight excluding hydrogens is 701 g/mol. The first-order valence-corrected chi connectivity index (χ1v) is 21.7. The number of pyridine rings is 2. The SMILES string of the molecule is CS(C)=O.CS(C)=O.CS(C)=O.CS(C)=O.C[C@@H]1C(=O)Nc2cccc(n2)-c2cnnn2[C@H](C)C(=O)Nc2cccc(n2)-c2cnnn21. The van der Waals surface area contributed by atoms with E-state index >= 15 is 0 Å². The molecule has 4 bridgehead atoms. The lowest BCUT2D eigenvalue weighted by Crippen LogP contribution is -2.27. The predicted octanol–water partition coefficient (Wildman–Crippen LogP) is 1.69. The van der Waals surface area contributed by atoms with Crippen molar-refractivity contribution in [3.63, 3.8) is 0 Å². The molecule has 5 heterocycles. The maximum Gasteiger partial charge on any atom is 0.250 e. The fraction of sp³-hybridized carbons (Fsp3) is 0.429. The molecule has 1 aliphatic rings. The highest BCUT2D eigenvalue weighted by atomic mass is 32.2. The minimum atomic E-state index is -0.696. The van der Waals surface area contributed by atoms with Crippen LogP contribution in [0, 0.1) is 0 Å². The molecule has 0 aliphatic carbocycles. The molecule has 5 rings (SSSR count). The number of hydrogen-bond donors (Lipinski definition) is 2. The Labute approximate surface area is 290 Å². The van der Waals surface area contributed by atoms with Gasteiger partial charge in [0.25, 0.3) is 0 Å². The molecule has 0 spiro atoms. The van der Waals surface area contributed by atoms with Gasteiger partial charge in [0.1, 0.15) is 35.1 Å². The van der Waals surface area contributed by atoms with Gasteiger partial charge < -0.3 is 10.6 Å². The Bertz CT molecular complexity index is 1580. The third-order valence-electron chi connectivity index (χ3n) is 5.17. The zero-order valence-electron chi connectivity index (χ0n) is 28.4. The van der Waals surface area contributed by atoms with Crippen molar-refractivity contribution in [2.75, 3.05) is 60.7 Å². The summed E-state index contributed by atoms with van der Waals surface area (Å²) in [5.74, 6) is 0.0482. The Kier molecular flexibility index (Phi) is 18.6. The predicted molar refractivity (Wildman–Crippen MR) is 193 cm³/mol. The molecular formula is C28H42N10O6S4. The van der Waals surface area contributed by atoms with Crippen LogP contribution in [0.2, 0.25) is 0 Å². The normalized spacial score (nSPS) is 15.1. The summed E-state index contributed by atoms with van der Waals surface area (Å²) in [6, 6.07) is 8.97. The lowest BCUT2D eigenvalue weighted by Gasteiger charge is -2.17. The van der Waals surface area contributed by atoms with Gasteiger partial charge in [-0.2, -0.15) is 0 Å². The second kappa shape index (κ2) is 21.2. The van der Waals surface area contributed by atoms with E-state index in [2.05, 4.69) is 41.2 Å². The van der Waals surface area contributed by atoms with Crippen LogP contribution in [0.4, 0.5) is 11.6 Å². The number of anilines is 2. The molecule has 2 N–H and O–H groups in total. The zero-order chi connectivity index (χ0) is 36.6. The number of amides is 2. The Morgan fingerprint density at radius 2 is 0.854 bits per heavy atom. The van der Waals surface area contributed by atoms with E-state index in [1.54, 1.807) is 100 Å². The lowest BCUT2D eigenvalue weighted by molar-refractivity contribution is -0.119. The summed E-state index contributed by atoms with van der Waals surface area (Å²) in [5.41, 5.74) is 2.08. The van der Waals surface area contributed by atoms with Gasteiger partial charge in [0, 0.05) is 93.2 Å². The smallest absolute Gasteiger partial charge is 0.250 e. The molecule has 0 fully saturated rings. The minimum absolute atomic E-state index is 0.321. The summed E-state index contributed by atoms with van der Waals surface area (Å²) in [4.78, 5) is 34.9. The van der Waals surface area contributed by atoms with Crippen molar-refractivity contribution in [2.45, 2.75) is 25.9 Å². The second-order valence-corrected chi connectivity index (χ2v) is 16.2. The Morgan fingerprint density at radius 3 is 1.15 bits per heavy atom. The van der Waals surface area contributed by atoms with E-state index in [4.69, 9.17) is 0 Å². The highest BCUT2D eigenvalue weighted by Crippen LogP contribution is 2.25. The summed E-state index contributed by atoms with van der Waals surface area (Å²) < 4.78 is 41.2. The molecule has 48 heavy (non-hydrogen) atoms. The summed E-state index contributed by atoms with van der Waals surface area (Å²) in [6.07, 6.45) is 16.1. The summed E-state index contributed by atoms with van der Waals surface area (Å²) in [7, 11) is -2.44. The van der Waals surface area contributed by atoms with Crippen molar-refractivity contribution >= 4 is 66.6 Å². The highest BCUT2D eigenvalue weighted by Gasteiger charge is 2.24. The molecule has 0 aromatic carbocycles. The van der Waals surface area contributed by atoms with Gasteiger partial charge in [-0.05, 0) is 38.1 Å². The van der Waals surface area contributed by atoms with E-state index in [0.717, 1.165) is 0 Å². The van der Waals surface area contributed by atoms with Crippen LogP contribution >= 0.6 is 0 Å². The number of aromatic nitrogens is 8. The van der Waals surface area contributed by atoms with Gasteiger partial charge in [-0.15, -0.1) is 10.2 Å². The lowest BCUT2D eigenvalue weighted by atomic mass is 10.2. The molecule has 264 valence electrons. The van der Waals surface area contributed by atoms with E-state index in [1.807, 2.05) is 0 Å². The molecule has 4 aromatic heterocycles. The average Bonchev–Trinajstić information content (AvgIpc) is 3.66. The van der Waals surface area contributed by atoms with Crippen LogP contribution in [0.1, 0.15) is 25.9 Å². The summed E-state index contributed by atoms with van der Waals surface area (Å²) in [5, 5.41) is 21.6. The van der Waals surface area contributed by atoms with Gasteiger partial charge in [0.2, 0.25) is 11.8 Å². The van der Waals surface area contributed by atoms with Crippen molar-refractivity contribution in [3.05, 3.63) is 48.8 Å². The molecule has 0 radical (unpaired) electrons. The van der Waals surface area contributed by atoms with Crippen LogP contribution in [0.15, 0.2) is 48.8 Å². The van der Waals surface area contributed by atoms with E-state index in [9.17, 15) is 26.4 Å². The van der Waals surface area contributed by atoms with Crippen molar-refractivity contribution in [2.24, 2.45) is 0 Å². The Hall–Kier alpha value is -3.88. The molecule has 16 nitrogen and oxygen atoms in total. The largest absolute Gasteiger partial charge is 0.309 e. The molecule has 1 aliphatic heterocycles. The molecule has 0 saturated carbocycles. The second-order valence-electron chi connectivity index (χ2n) is 10.2. The molecule has 2 amide bonds. The Morgan fingerprint density at radius 1 is 0.562 bits per heavy atom. The maximum atomic E-state index is 12.9. The number of nitrogens with one attached hydrogen (secondary N) is 2. The van der Waals surface area contributed by atoms with Crippen molar-refractivity contribution in [1.29, 1.82) is 0 Å². The monoisotopic (exact) mass is 742 g/mol.